The molecule has 0 saturated carbocycles. The molecular weight excluding hydrogens is 380 g/mol. The quantitative estimate of drug-likeness (QED) is 0.562. The largest absolute Gasteiger partial charge is 0.482 e. The number of hydrogen-bond donors (Lipinski definition) is 0. The van der Waals surface area contributed by atoms with Gasteiger partial charge in [-0.15, -0.1) is 0 Å². The Bertz CT molecular complexity index is 862. The first kappa shape index (κ1) is 18.7. The van der Waals surface area contributed by atoms with Crippen LogP contribution in [0.5, 0.6) is 11.5 Å². The second-order valence-corrected chi connectivity index (χ2v) is 7.90. The van der Waals surface area contributed by atoms with Crippen molar-refractivity contribution in [2.45, 2.75) is 38.4 Å². The van der Waals surface area contributed by atoms with Gasteiger partial charge in [0.15, 0.2) is 23.2 Å². The number of aromatic nitrogens is 1. The molecule has 0 radical (unpaired) electrons. The van der Waals surface area contributed by atoms with Gasteiger partial charge in [0, 0.05) is 13.1 Å². The first-order valence-corrected chi connectivity index (χ1v) is 10.3. The number of carbonyl (C=O) groups excluding carboxylic acids is 2. The number of carbonyl (C=O) groups is 2. The van der Waals surface area contributed by atoms with Crippen LogP contribution in [0.1, 0.15) is 35.9 Å². The number of ketones is 1. The number of hydrogen-bond acceptors (Lipinski definition) is 8. The monoisotopic (exact) mass is 402 g/mol. The Morgan fingerprint density at radius 3 is 2.64 bits per heavy atom. The molecule has 2 aliphatic heterocycles. The summed E-state index contributed by atoms with van der Waals surface area (Å²) < 4.78 is 16.6. The number of nitrogens with zero attached hydrogens (tertiary/aromatic N) is 2. The molecule has 8 heteroatoms. The molecule has 0 amide bonds. The molecular formula is C20H22N2O5S. The van der Waals surface area contributed by atoms with E-state index in [0.717, 1.165) is 31.1 Å². The van der Waals surface area contributed by atoms with E-state index < -0.39 is 18.2 Å². The molecule has 28 heavy (non-hydrogen) atoms. The smallest absolute Gasteiger partial charge is 0.351 e. The summed E-state index contributed by atoms with van der Waals surface area (Å²) in [5.41, 5.74) is 0. The fraction of sp³-hybridized carbons (Fsp3) is 0.450. The summed E-state index contributed by atoms with van der Waals surface area (Å²) in [6, 6.07) is 7.14. The van der Waals surface area contributed by atoms with Crippen molar-refractivity contribution < 1.29 is 23.8 Å². The van der Waals surface area contributed by atoms with Gasteiger partial charge < -0.3 is 19.1 Å². The standard InChI is InChI=1S/C20H22N2O5S/c1-13-18(27-16-8-4-3-7-15(16)26-13)19(24)25-12-14(23)17-11-21-20(28-17)22-9-5-2-6-10-22/h3-4,7-8,11,13,18H,2,5-6,9-10,12H2,1H3/t13-,18-/m0/s1. The fourth-order valence-electron chi connectivity index (χ4n) is 3.29. The Hall–Kier alpha value is -2.61. The van der Waals surface area contributed by atoms with Gasteiger partial charge in [-0.1, -0.05) is 23.5 Å². The molecule has 1 fully saturated rings. The van der Waals surface area contributed by atoms with Crippen molar-refractivity contribution >= 4 is 28.2 Å². The van der Waals surface area contributed by atoms with Crippen LogP contribution in [0.4, 0.5) is 5.13 Å². The van der Waals surface area contributed by atoms with Crippen molar-refractivity contribution in [1.82, 2.24) is 4.98 Å². The van der Waals surface area contributed by atoms with Gasteiger partial charge in [-0.2, -0.15) is 0 Å². The Morgan fingerprint density at radius 2 is 1.89 bits per heavy atom. The molecule has 7 nitrogen and oxygen atoms in total. The summed E-state index contributed by atoms with van der Waals surface area (Å²) in [5.74, 6) is 0.197. The summed E-state index contributed by atoms with van der Waals surface area (Å²) in [4.78, 5) is 31.9. The summed E-state index contributed by atoms with van der Waals surface area (Å²) in [5, 5.41) is 0.851. The minimum atomic E-state index is -0.909. The molecule has 0 bridgehead atoms. The van der Waals surface area contributed by atoms with Crippen LogP contribution in [-0.4, -0.2) is 48.6 Å². The summed E-state index contributed by atoms with van der Waals surface area (Å²) >= 11 is 1.34. The van der Waals surface area contributed by atoms with Gasteiger partial charge in [-0.3, -0.25) is 4.79 Å². The van der Waals surface area contributed by atoms with Crippen LogP contribution in [0.3, 0.4) is 0 Å². The average Bonchev–Trinajstić information content (AvgIpc) is 3.22. The maximum Gasteiger partial charge on any atom is 0.351 e. The predicted molar refractivity (Wildman–Crippen MR) is 104 cm³/mol. The highest BCUT2D eigenvalue weighted by Gasteiger charge is 2.35. The third-order valence-electron chi connectivity index (χ3n) is 4.82. The highest BCUT2D eigenvalue weighted by atomic mass is 32.1. The number of fused-ring (bicyclic) bond motifs is 1. The van der Waals surface area contributed by atoms with Crippen molar-refractivity contribution in [3.63, 3.8) is 0 Å². The molecule has 0 unspecified atom stereocenters. The number of para-hydroxylation sites is 2. The lowest BCUT2D eigenvalue weighted by molar-refractivity contribution is -0.156. The van der Waals surface area contributed by atoms with Crippen molar-refractivity contribution in [3.05, 3.63) is 35.3 Å². The van der Waals surface area contributed by atoms with Crippen LogP contribution in [-0.2, 0) is 9.53 Å². The molecule has 3 heterocycles. The zero-order valence-corrected chi connectivity index (χ0v) is 16.4. The van der Waals surface area contributed by atoms with E-state index in [1.165, 1.54) is 17.8 Å². The van der Waals surface area contributed by atoms with E-state index in [1.54, 1.807) is 31.3 Å². The summed E-state index contributed by atoms with van der Waals surface area (Å²) in [6.45, 7) is 3.33. The third-order valence-corrected chi connectivity index (χ3v) is 5.91. The van der Waals surface area contributed by atoms with Gasteiger partial charge in [-0.25, -0.2) is 9.78 Å². The van der Waals surface area contributed by atoms with E-state index in [9.17, 15) is 9.59 Å². The number of rotatable bonds is 5. The molecule has 1 saturated heterocycles. The lowest BCUT2D eigenvalue weighted by Crippen LogP contribution is -2.44. The molecule has 1 aromatic heterocycles. The lowest BCUT2D eigenvalue weighted by Gasteiger charge is -2.30. The van der Waals surface area contributed by atoms with E-state index in [0.29, 0.717) is 16.4 Å². The van der Waals surface area contributed by atoms with Gasteiger partial charge >= 0.3 is 5.97 Å². The van der Waals surface area contributed by atoms with Gasteiger partial charge in [0.1, 0.15) is 6.10 Å². The van der Waals surface area contributed by atoms with E-state index >= 15 is 0 Å². The molecule has 2 aromatic rings. The molecule has 0 N–H and O–H groups in total. The Kier molecular flexibility index (Phi) is 5.47. The molecule has 148 valence electrons. The fourth-order valence-corrected chi connectivity index (χ4v) is 4.19. The second kappa shape index (κ2) is 8.18. The summed E-state index contributed by atoms with van der Waals surface area (Å²) in [6.07, 6.45) is 3.67. The van der Waals surface area contributed by atoms with Crippen molar-refractivity contribution in [2.75, 3.05) is 24.6 Å². The number of Topliss-reactive ketones (excluding diaryl/α,β-unsaturated/α-hetero) is 1. The van der Waals surface area contributed by atoms with Crippen LogP contribution >= 0.6 is 11.3 Å². The normalized spacial score (nSPS) is 21.2. The average molecular weight is 402 g/mol. The summed E-state index contributed by atoms with van der Waals surface area (Å²) in [7, 11) is 0. The third kappa shape index (κ3) is 3.96. The SMILES string of the molecule is C[C@@H]1Oc2ccccc2O[C@@H]1C(=O)OCC(=O)c1cnc(N2CCCCC2)s1. The minimum Gasteiger partial charge on any atom is -0.482 e. The molecule has 2 aliphatic rings. The maximum atomic E-state index is 12.4. The number of esters is 1. The number of ether oxygens (including phenoxy) is 3. The first-order chi connectivity index (χ1) is 13.6. The van der Waals surface area contributed by atoms with E-state index in [-0.39, 0.29) is 12.4 Å². The van der Waals surface area contributed by atoms with Gasteiger partial charge in [0.05, 0.1) is 11.1 Å². The van der Waals surface area contributed by atoms with Crippen LogP contribution in [0, 0.1) is 0 Å². The number of benzene rings is 1. The topological polar surface area (TPSA) is 78.0 Å². The van der Waals surface area contributed by atoms with Gasteiger partial charge in [0.25, 0.3) is 0 Å². The highest BCUT2D eigenvalue weighted by Crippen LogP contribution is 2.33. The molecule has 2 atom stereocenters. The van der Waals surface area contributed by atoms with Crippen molar-refractivity contribution in [3.8, 4) is 11.5 Å². The zero-order chi connectivity index (χ0) is 19.5. The van der Waals surface area contributed by atoms with E-state index in [4.69, 9.17) is 14.2 Å². The number of anilines is 1. The highest BCUT2D eigenvalue weighted by molar-refractivity contribution is 7.17. The molecule has 0 aliphatic carbocycles. The maximum absolute atomic E-state index is 12.4. The number of piperidine rings is 1. The molecule has 4 rings (SSSR count). The predicted octanol–water partition coefficient (Wildman–Crippen LogP) is 3.09. The Balaban J connectivity index is 1.33. The van der Waals surface area contributed by atoms with E-state index in [1.807, 2.05) is 6.07 Å². The van der Waals surface area contributed by atoms with Gasteiger partial charge in [-0.05, 0) is 38.3 Å². The van der Waals surface area contributed by atoms with Crippen LogP contribution < -0.4 is 14.4 Å². The molecule has 0 spiro atoms. The number of thiazole rings is 1. The molecule has 1 aromatic carbocycles. The van der Waals surface area contributed by atoms with Crippen molar-refractivity contribution in [1.29, 1.82) is 0 Å². The Labute approximate surface area is 167 Å². The van der Waals surface area contributed by atoms with Crippen LogP contribution in [0.25, 0.3) is 0 Å². The zero-order valence-electron chi connectivity index (χ0n) is 15.6. The van der Waals surface area contributed by atoms with Crippen LogP contribution in [0.15, 0.2) is 30.5 Å². The second-order valence-electron chi connectivity index (χ2n) is 6.89. The lowest BCUT2D eigenvalue weighted by atomic mass is 10.1. The first-order valence-electron chi connectivity index (χ1n) is 9.45. The van der Waals surface area contributed by atoms with E-state index in [2.05, 4.69) is 9.88 Å². The minimum absolute atomic E-state index is 0.265. The van der Waals surface area contributed by atoms with Gasteiger partial charge in [0.2, 0.25) is 11.9 Å². The van der Waals surface area contributed by atoms with Crippen LogP contribution in [0.2, 0.25) is 0 Å². The Morgan fingerprint density at radius 1 is 1.18 bits per heavy atom. The van der Waals surface area contributed by atoms with Crippen molar-refractivity contribution in [2.24, 2.45) is 0 Å².